The molecule has 0 aliphatic heterocycles. The van der Waals surface area contributed by atoms with Gasteiger partial charge in [-0.25, -0.2) is 0 Å². The van der Waals surface area contributed by atoms with Crippen molar-refractivity contribution in [2.75, 3.05) is 12.4 Å². The lowest BCUT2D eigenvalue weighted by molar-refractivity contribution is -0.153. The van der Waals surface area contributed by atoms with E-state index >= 15 is 0 Å². The highest BCUT2D eigenvalue weighted by Crippen LogP contribution is 2.15. The molecule has 12 heavy (non-hydrogen) atoms. The molecule has 72 valence electrons. The van der Waals surface area contributed by atoms with Crippen molar-refractivity contribution in [3.63, 3.8) is 0 Å². The van der Waals surface area contributed by atoms with Crippen molar-refractivity contribution < 1.29 is 9.53 Å². The fraction of sp³-hybridized carbons (Fsp3) is 0.889. The van der Waals surface area contributed by atoms with Crippen LogP contribution in [-0.4, -0.2) is 18.3 Å². The van der Waals surface area contributed by atoms with Gasteiger partial charge in [-0.2, -0.15) is 12.6 Å². The molecule has 0 aromatic carbocycles. The Hall–Kier alpha value is -0.180. The van der Waals surface area contributed by atoms with Crippen molar-refractivity contribution in [3.8, 4) is 0 Å². The van der Waals surface area contributed by atoms with Crippen molar-refractivity contribution in [2.24, 2.45) is 5.41 Å². The average molecular weight is 190 g/mol. The molecular formula is C9H18O2S. The zero-order valence-electron chi connectivity index (χ0n) is 8.09. The van der Waals surface area contributed by atoms with Crippen LogP contribution in [0.5, 0.6) is 0 Å². The van der Waals surface area contributed by atoms with Crippen LogP contribution in [0.3, 0.4) is 0 Å². The lowest BCUT2D eigenvalue weighted by Gasteiger charge is -2.16. The van der Waals surface area contributed by atoms with E-state index in [1.807, 2.05) is 20.8 Å². The molecular weight excluding hydrogens is 172 g/mol. The minimum absolute atomic E-state index is 0.123. The van der Waals surface area contributed by atoms with Crippen molar-refractivity contribution in [2.45, 2.75) is 33.6 Å². The van der Waals surface area contributed by atoms with Crippen LogP contribution in [0, 0.1) is 5.41 Å². The van der Waals surface area contributed by atoms with Crippen LogP contribution in [-0.2, 0) is 9.53 Å². The van der Waals surface area contributed by atoms with Gasteiger partial charge >= 0.3 is 5.97 Å². The summed E-state index contributed by atoms with van der Waals surface area (Å²) in [5, 5.41) is 0. The molecule has 0 spiro atoms. The van der Waals surface area contributed by atoms with Gasteiger partial charge in [0.1, 0.15) is 0 Å². The Bertz CT molecular complexity index is 138. The SMILES string of the molecule is CC(C)(C)C(=O)OCCCCS. The summed E-state index contributed by atoms with van der Waals surface area (Å²) in [5.74, 6) is 0.731. The first-order valence-electron chi connectivity index (χ1n) is 4.26. The molecule has 0 aromatic rings. The van der Waals surface area contributed by atoms with E-state index in [4.69, 9.17) is 4.74 Å². The van der Waals surface area contributed by atoms with Gasteiger partial charge < -0.3 is 4.74 Å². The van der Waals surface area contributed by atoms with Gasteiger partial charge in [0.2, 0.25) is 0 Å². The van der Waals surface area contributed by atoms with E-state index in [1.165, 1.54) is 0 Å². The predicted molar refractivity (Wildman–Crippen MR) is 53.5 cm³/mol. The Kier molecular flexibility index (Phi) is 5.38. The van der Waals surface area contributed by atoms with Gasteiger partial charge in [-0.3, -0.25) is 4.79 Å². The number of hydrogen-bond acceptors (Lipinski definition) is 3. The van der Waals surface area contributed by atoms with Gasteiger partial charge in [-0.15, -0.1) is 0 Å². The standard InChI is InChI=1S/C9H18O2S/c1-9(2,3)8(10)11-6-4-5-7-12/h12H,4-7H2,1-3H3. The number of ether oxygens (including phenoxy) is 1. The Balaban J connectivity index is 3.45. The summed E-state index contributed by atoms with van der Waals surface area (Å²) in [5.41, 5.74) is -0.374. The molecule has 0 N–H and O–H groups in total. The summed E-state index contributed by atoms with van der Waals surface area (Å²) in [4.78, 5) is 11.2. The number of unbranched alkanes of at least 4 members (excludes halogenated alkanes) is 1. The minimum atomic E-state index is -0.374. The second-order valence-electron chi connectivity index (χ2n) is 3.82. The van der Waals surface area contributed by atoms with Crippen LogP contribution in [0.4, 0.5) is 0 Å². The summed E-state index contributed by atoms with van der Waals surface area (Å²) in [7, 11) is 0. The first-order chi connectivity index (χ1) is 5.48. The van der Waals surface area contributed by atoms with Gasteiger partial charge in [-0.05, 0) is 39.4 Å². The molecule has 0 unspecified atom stereocenters. The maximum absolute atomic E-state index is 11.2. The number of hydrogen-bond donors (Lipinski definition) is 1. The molecule has 2 nitrogen and oxygen atoms in total. The molecule has 0 fully saturated rings. The summed E-state index contributed by atoms with van der Waals surface area (Å²) in [6, 6.07) is 0. The molecule has 0 saturated heterocycles. The monoisotopic (exact) mass is 190 g/mol. The number of esters is 1. The van der Waals surface area contributed by atoms with Crippen LogP contribution in [0.2, 0.25) is 0 Å². The Morgan fingerprint density at radius 1 is 1.33 bits per heavy atom. The second kappa shape index (κ2) is 5.46. The molecule has 0 bridgehead atoms. The van der Waals surface area contributed by atoms with Crippen LogP contribution in [0.15, 0.2) is 0 Å². The predicted octanol–water partition coefficient (Wildman–Crippen LogP) is 2.29. The maximum Gasteiger partial charge on any atom is 0.311 e. The van der Waals surface area contributed by atoms with Crippen LogP contribution in [0.25, 0.3) is 0 Å². The number of thiol groups is 1. The van der Waals surface area contributed by atoms with E-state index in [2.05, 4.69) is 12.6 Å². The fourth-order valence-electron chi connectivity index (χ4n) is 0.595. The quantitative estimate of drug-likeness (QED) is 0.418. The lowest BCUT2D eigenvalue weighted by Crippen LogP contribution is -2.23. The van der Waals surface area contributed by atoms with Gasteiger partial charge in [0.15, 0.2) is 0 Å². The topological polar surface area (TPSA) is 26.3 Å². The second-order valence-corrected chi connectivity index (χ2v) is 4.26. The van der Waals surface area contributed by atoms with Gasteiger partial charge in [0, 0.05) is 0 Å². The highest BCUT2D eigenvalue weighted by Gasteiger charge is 2.22. The molecule has 0 heterocycles. The zero-order valence-corrected chi connectivity index (χ0v) is 8.99. The van der Waals surface area contributed by atoms with Crippen molar-refractivity contribution in [1.82, 2.24) is 0 Å². The van der Waals surface area contributed by atoms with Crippen LogP contribution < -0.4 is 0 Å². The molecule has 0 amide bonds. The Labute approximate surface area is 80.1 Å². The van der Waals surface area contributed by atoms with Gasteiger partial charge in [0.05, 0.1) is 12.0 Å². The molecule has 0 aliphatic carbocycles. The van der Waals surface area contributed by atoms with E-state index in [1.54, 1.807) is 0 Å². The first kappa shape index (κ1) is 11.8. The molecule has 0 aliphatic rings. The third-order valence-corrected chi connectivity index (χ3v) is 1.71. The first-order valence-corrected chi connectivity index (χ1v) is 4.90. The largest absolute Gasteiger partial charge is 0.465 e. The van der Waals surface area contributed by atoms with Crippen molar-refractivity contribution in [3.05, 3.63) is 0 Å². The van der Waals surface area contributed by atoms with Crippen LogP contribution >= 0.6 is 12.6 Å². The fourth-order valence-corrected chi connectivity index (χ4v) is 0.819. The van der Waals surface area contributed by atoms with E-state index < -0.39 is 0 Å². The third kappa shape index (κ3) is 5.47. The maximum atomic E-state index is 11.2. The molecule has 0 atom stereocenters. The summed E-state index contributed by atoms with van der Waals surface area (Å²) in [6.45, 7) is 6.09. The van der Waals surface area contributed by atoms with Crippen molar-refractivity contribution in [1.29, 1.82) is 0 Å². The van der Waals surface area contributed by atoms with Crippen LogP contribution in [0.1, 0.15) is 33.6 Å². The average Bonchev–Trinajstić information content (AvgIpc) is 1.96. The highest BCUT2D eigenvalue weighted by molar-refractivity contribution is 7.80. The summed E-state index contributed by atoms with van der Waals surface area (Å²) in [6.07, 6.45) is 1.91. The number of rotatable bonds is 4. The molecule has 0 aromatic heterocycles. The van der Waals surface area contributed by atoms with Gasteiger partial charge in [0.25, 0.3) is 0 Å². The summed E-state index contributed by atoms with van der Waals surface area (Å²) >= 11 is 4.06. The molecule has 3 heteroatoms. The smallest absolute Gasteiger partial charge is 0.311 e. The third-order valence-electron chi connectivity index (χ3n) is 1.40. The van der Waals surface area contributed by atoms with E-state index in [9.17, 15) is 4.79 Å². The van der Waals surface area contributed by atoms with E-state index in [-0.39, 0.29) is 11.4 Å². The molecule has 0 radical (unpaired) electrons. The van der Waals surface area contributed by atoms with Crippen molar-refractivity contribution >= 4 is 18.6 Å². The van der Waals surface area contributed by atoms with Gasteiger partial charge in [-0.1, -0.05) is 0 Å². The van der Waals surface area contributed by atoms with E-state index in [0.29, 0.717) is 6.61 Å². The number of carbonyl (C=O) groups excluding carboxylic acids is 1. The molecule has 0 rings (SSSR count). The minimum Gasteiger partial charge on any atom is -0.465 e. The lowest BCUT2D eigenvalue weighted by atomic mass is 9.97. The Morgan fingerprint density at radius 3 is 2.33 bits per heavy atom. The highest BCUT2D eigenvalue weighted by atomic mass is 32.1. The summed E-state index contributed by atoms with van der Waals surface area (Å²) < 4.78 is 5.04. The molecule has 0 saturated carbocycles. The zero-order chi connectivity index (χ0) is 9.61. The Morgan fingerprint density at radius 2 is 1.92 bits per heavy atom. The van der Waals surface area contributed by atoms with E-state index in [0.717, 1.165) is 18.6 Å². The number of carbonyl (C=O) groups is 1. The normalized spacial score (nSPS) is 11.3.